The Kier molecular flexibility index (Phi) is 4.97. The molecule has 1 amide bonds. The van der Waals surface area contributed by atoms with Crippen LogP contribution in [0.5, 0.6) is 5.75 Å². The number of hydrogen-bond acceptors (Lipinski definition) is 5. The number of carbonyl (C=O) groups is 1. The fourth-order valence-electron chi connectivity index (χ4n) is 2.11. The van der Waals surface area contributed by atoms with Crippen molar-refractivity contribution in [2.24, 2.45) is 0 Å². The van der Waals surface area contributed by atoms with Gasteiger partial charge in [-0.1, -0.05) is 21.1 Å². The number of amides is 1. The van der Waals surface area contributed by atoms with Gasteiger partial charge in [0.1, 0.15) is 17.7 Å². The van der Waals surface area contributed by atoms with Gasteiger partial charge in [-0.25, -0.2) is 5.48 Å². The van der Waals surface area contributed by atoms with Gasteiger partial charge in [-0.3, -0.25) is 9.63 Å². The van der Waals surface area contributed by atoms with Crippen molar-refractivity contribution in [3.8, 4) is 17.0 Å². The lowest BCUT2D eigenvalue weighted by Gasteiger charge is -2.25. The first-order valence-corrected chi connectivity index (χ1v) is 8.25. The van der Waals surface area contributed by atoms with E-state index in [-0.39, 0.29) is 12.0 Å². The zero-order valence-corrected chi connectivity index (χ0v) is 14.2. The standard InChI is InChI=1S/C16H17BrN2O4/c1-10(16(20)19-23-12-3-2-4-12)22-15-6-5-11(17)9-13(15)14-7-8-21-18-14/h5-10,12H,2-4H2,1H3,(H,19,20). The Hall–Kier alpha value is -1.86. The van der Waals surface area contributed by atoms with Crippen LogP contribution in [0.1, 0.15) is 26.2 Å². The van der Waals surface area contributed by atoms with Crippen molar-refractivity contribution >= 4 is 21.8 Å². The van der Waals surface area contributed by atoms with Gasteiger partial charge >= 0.3 is 0 Å². The molecule has 1 N–H and O–H groups in total. The number of rotatable bonds is 6. The Balaban J connectivity index is 1.67. The highest BCUT2D eigenvalue weighted by Gasteiger charge is 2.22. The first-order valence-electron chi connectivity index (χ1n) is 7.46. The van der Waals surface area contributed by atoms with Crippen molar-refractivity contribution in [1.29, 1.82) is 0 Å². The number of aromatic nitrogens is 1. The normalized spacial score (nSPS) is 15.7. The van der Waals surface area contributed by atoms with Crippen LogP contribution in [0.4, 0.5) is 0 Å². The Bertz CT molecular complexity index is 671. The molecule has 0 aliphatic heterocycles. The van der Waals surface area contributed by atoms with Crippen LogP contribution in [0, 0.1) is 0 Å². The molecule has 1 heterocycles. The Morgan fingerprint density at radius 3 is 2.91 bits per heavy atom. The van der Waals surface area contributed by atoms with Crippen LogP contribution in [-0.2, 0) is 9.63 Å². The summed E-state index contributed by atoms with van der Waals surface area (Å²) in [5.41, 5.74) is 3.84. The second-order valence-corrected chi connectivity index (χ2v) is 6.34. The molecule has 0 bridgehead atoms. The maximum absolute atomic E-state index is 12.1. The van der Waals surface area contributed by atoms with Crippen molar-refractivity contribution < 1.29 is 18.9 Å². The maximum atomic E-state index is 12.1. The molecule has 0 spiro atoms. The number of nitrogens with zero attached hydrogens (tertiary/aromatic N) is 1. The summed E-state index contributed by atoms with van der Waals surface area (Å²) in [6.07, 6.45) is 4.04. The number of nitrogens with one attached hydrogen (secondary N) is 1. The van der Waals surface area contributed by atoms with Gasteiger partial charge in [0, 0.05) is 16.1 Å². The molecular formula is C16H17BrN2O4. The minimum absolute atomic E-state index is 0.129. The number of hydroxylamine groups is 1. The van der Waals surface area contributed by atoms with Gasteiger partial charge < -0.3 is 9.26 Å². The lowest BCUT2D eigenvalue weighted by molar-refractivity contribution is -0.149. The summed E-state index contributed by atoms with van der Waals surface area (Å²) in [6.45, 7) is 1.67. The number of hydrogen-bond donors (Lipinski definition) is 1. The van der Waals surface area contributed by atoms with Crippen LogP contribution in [0.15, 0.2) is 39.5 Å². The topological polar surface area (TPSA) is 73.6 Å². The van der Waals surface area contributed by atoms with Gasteiger partial charge in [-0.15, -0.1) is 0 Å². The highest BCUT2D eigenvalue weighted by molar-refractivity contribution is 9.10. The van der Waals surface area contributed by atoms with Gasteiger partial charge in [0.05, 0.1) is 6.10 Å². The molecule has 0 saturated heterocycles. The third-order valence-corrected chi connectivity index (χ3v) is 4.20. The van der Waals surface area contributed by atoms with E-state index in [1.165, 1.54) is 6.26 Å². The van der Waals surface area contributed by atoms with Gasteiger partial charge in [0.25, 0.3) is 5.91 Å². The summed E-state index contributed by atoms with van der Waals surface area (Å²) < 4.78 is 11.5. The molecule has 1 aliphatic rings. The van der Waals surface area contributed by atoms with Crippen LogP contribution in [0.2, 0.25) is 0 Å². The molecule has 7 heteroatoms. The molecule has 6 nitrogen and oxygen atoms in total. The Labute approximate surface area is 142 Å². The van der Waals surface area contributed by atoms with Crippen LogP contribution in [0.3, 0.4) is 0 Å². The van der Waals surface area contributed by atoms with E-state index in [0.29, 0.717) is 11.4 Å². The molecule has 122 valence electrons. The fourth-order valence-corrected chi connectivity index (χ4v) is 2.47. The van der Waals surface area contributed by atoms with E-state index in [0.717, 1.165) is 29.3 Å². The second kappa shape index (κ2) is 7.14. The van der Waals surface area contributed by atoms with E-state index < -0.39 is 6.10 Å². The number of benzene rings is 1. The van der Waals surface area contributed by atoms with Gasteiger partial charge in [-0.2, -0.15) is 0 Å². The van der Waals surface area contributed by atoms with Crippen LogP contribution in [0.25, 0.3) is 11.3 Å². The molecule has 3 rings (SSSR count). The molecule has 1 aromatic heterocycles. The van der Waals surface area contributed by atoms with Gasteiger partial charge in [0.15, 0.2) is 6.10 Å². The summed E-state index contributed by atoms with van der Waals surface area (Å²) in [5, 5.41) is 3.92. The average Bonchev–Trinajstić information content (AvgIpc) is 3.01. The highest BCUT2D eigenvalue weighted by Crippen LogP contribution is 2.32. The molecule has 1 aliphatic carbocycles. The van der Waals surface area contributed by atoms with Crippen molar-refractivity contribution in [2.75, 3.05) is 0 Å². The largest absolute Gasteiger partial charge is 0.480 e. The summed E-state index contributed by atoms with van der Waals surface area (Å²) in [7, 11) is 0. The first kappa shape index (κ1) is 16.0. The van der Waals surface area contributed by atoms with Crippen molar-refractivity contribution in [2.45, 2.75) is 38.4 Å². The minimum atomic E-state index is -0.693. The summed E-state index contributed by atoms with van der Waals surface area (Å²) >= 11 is 3.42. The number of ether oxygens (including phenoxy) is 1. The molecule has 1 saturated carbocycles. The lowest BCUT2D eigenvalue weighted by atomic mass is 9.97. The van der Waals surface area contributed by atoms with E-state index in [4.69, 9.17) is 14.1 Å². The zero-order chi connectivity index (χ0) is 16.2. The molecule has 2 aromatic rings. The second-order valence-electron chi connectivity index (χ2n) is 5.42. The molecule has 23 heavy (non-hydrogen) atoms. The van der Waals surface area contributed by atoms with Gasteiger partial charge in [-0.05, 0) is 44.4 Å². The van der Waals surface area contributed by atoms with Crippen molar-refractivity contribution in [3.63, 3.8) is 0 Å². The lowest BCUT2D eigenvalue weighted by Crippen LogP contribution is -2.40. The van der Waals surface area contributed by atoms with E-state index in [1.807, 2.05) is 12.1 Å². The Morgan fingerprint density at radius 1 is 1.43 bits per heavy atom. The Morgan fingerprint density at radius 2 is 2.26 bits per heavy atom. The predicted molar refractivity (Wildman–Crippen MR) is 86.6 cm³/mol. The van der Waals surface area contributed by atoms with E-state index in [1.54, 1.807) is 19.1 Å². The molecule has 1 unspecified atom stereocenters. The molecule has 1 aromatic carbocycles. The summed E-state index contributed by atoms with van der Waals surface area (Å²) in [6, 6.07) is 7.22. The third kappa shape index (κ3) is 3.92. The first-order chi connectivity index (χ1) is 11.1. The quantitative estimate of drug-likeness (QED) is 0.776. The van der Waals surface area contributed by atoms with Crippen LogP contribution < -0.4 is 10.2 Å². The molecule has 1 fully saturated rings. The van der Waals surface area contributed by atoms with E-state index in [2.05, 4.69) is 26.6 Å². The van der Waals surface area contributed by atoms with Crippen molar-refractivity contribution in [1.82, 2.24) is 10.6 Å². The molecule has 1 atom stereocenters. The van der Waals surface area contributed by atoms with Crippen LogP contribution >= 0.6 is 15.9 Å². The summed E-state index contributed by atoms with van der Waals surface area (Å²) in [4.78, 5) is 17.4. The smallest absolute Gasteiger partial charge is 0.284 e. The minimum Gasteiger partial charge on any atom is -0.480 e. The predicted octanol–water partition coefficient (Wildman–Crippen LogP) is 3.47. The SMILES string of the molecule is CC(Oc1ccc(Br)cc1-c1ccon1)C(=O)NOC1CCC1. The van der Waals surface area contributed by atoms with Crippen molar-refractivity contribution in [3.05, 3.63) is 35.0 Å². The molecular weight excluding hydrogens is 364 g/mol. The van der Waals surface area contributed by atoms with E-state index in [9.17, 15) is 4.79 Å². The number of halogens is 1. The maximum Gasteiger partial charge on any atom is 0.284 e. The molecule has 0 radical (unpaired) electrons. The third-order valence-electron chi connectivity index (χ3n) is 3.71. The zero-order valence-electron chi connectivity index (χ0n) is 12.6. The summed E-state index contributed by atoms with van der Waals surface area (Å²) in [5.74, 6) is 0.235. The fraction of sp³-hybridized carbons (Fsp3) is 0.375. The van der Waals surface area contributed by atoms with Gasteiger partial charge in [0.2, 0.25) is 0 Å². The van der Waals surface area contributed by atoms with E-state index >= 15 is 0 Å². The monoisotopic (exact) mass is 380 g/mol. The van der Waals surface area contributed by atoms with Crippen LogP contribution in [-0.4, -0.2) is 23.3 Å². The highest BCUT2D eigenvalue weighted by atomic mass is 79.9. The number of carbonyl (C=O) groups excluding carboxylic acids is 1. The average molecular weight is 381 g/mol.